The molecule has 0 fully saturated rings. The number of halogens is 3. The van der Waals surface area contributed by atoms with Crippen molar-refractivity contribution in [2.24, 2.45) is 0 Å². The van der Waals surface area contributed by atoms with Gasteiger partial charge >= 0.3 is 0 Å². The van der Waals surface area contributed by atoms with Gasteiger partial charge in [0.25, 0.3) is 0 Å². The average molecular weight is 278 g/mol. The van der Waals surface area contributed by atoms with Gasteiger partial charge in [0.1, 0.15) is 17.8 Å². The van der Waals surface area contributed by atoms with E-state index in [1.807, 2.05) is 6.92 Å². The highest BCUT2D eigenvalue weighted by atomic mass is 19.1. The van der Waals surface area contributed by atoms with Crippen LogP contribution in [0.5, 0.6) is 0 Å². The Labute approximate surface area is 117 Å². The predicted molar refractivity (Wildman–Crippen MR) is 74.3 cm³/mol. The number of rotatable bonds is 5. The molecule has 2 atom stereocenters. The zero-order valence-corrected chi connectivity index (χ0v) is 11.3. The Morgan fingerprint density at radius 1 is 0.800 bits per heavy atom. The lowest BCUT2D eigenvalue weighted by atomic mass is 9.89. The van der Waals surface area contributed by atoms with E-state index in [9.17, 15) is 13.2 Å². The fourth-order valence-corrected chi connectivity index (χ4v) is 2.33. The van der Waals surface area contributed by atoms with E-state index in [-0.39, 0.29) is 17.6 Å². The molecule has 0 nitrogen and oxygen atoms in total. The van der Waals surface area contributed by atoms with E-state index in [1.54, 1.807) is 12.1 Å². The van der Waals surface area contributed by atoms with Crippen molar-refractivity contribution in [2.75, 3.05) is 0 Å². The zero-order valence-electron chi connectivity index (χ0n) is 11.3. The first kappa shape index (κ1) is 14.6. The summed E-state index contributed by atoms with van der Waals surface area (Å²) in [4.78, 5) is 0. The molecule has 0 saturated heterocycles. The molecule has 2 rings (SSSR count). The van der Waals surface area contributed by atoms with Crippen LogP contribution < -0.4 is 0 Å². The summed E-state index contributed by atoms with van der Waals surface area (Å²) in [6, 6.07) is 11.6. The maximum atomic E-state index is 14.3. The van der Waals surface area contributed by atoms with Crippen molar-refractivity contribution in [3.8, 4) is 0 Å². The first-order valence-electron chi connectivity index (χ1n) is 6.75. The van der Waals surface area contributed by atoms with Crippen molar-refractivity contribution in [3.63, 3.8) is 0 Å². The van der Waals surface area contributed by atoms with Gasteiger partial charge in [-0.2, -0.15) is 0 Å². The van der Waals surface area contributed by atoms with Crippen molar-refractivity contribution < 1.29 is 13.2 Å². The van der Waals surface area contributed by atoms with Gasteiger partial charge in [-0.25, -0.2) is 13.2 Å². The molecule has 0 aliphatic heterocycles. The Morgan fingerprint density at radius 3 is 1.70 bits per heavy atom. The second-order valence-corrected chi connectivity index (χ2v) is 4.91. The number of alkyl halides is 1. The van der Waals surface area contributed by atoms with Crippen LogP contribution in [-0.2, 0) is 0 Å². The number of hydrogen-bond donors (Lipinski definition) is 0. The van der Waals surface area contributed by atoms with Crippen LogP contribution in [0.15, 0.2) is 48.5 Å². The van der Waals surface area contributed by atoms with Gasteiger partial charge in [0.15, 0.2) is 0 Å². The molecule has 0 amide bonds. The molecule has 0 radical (unpaired) electrons. The summed E-state index contributed by atoms with van der Waals surface area (Å²) in [6.07, 6.45) is -0.0633. The molecule has 0 N–H and O–H groups in total. The van der Waals surface area contributed by atoms with Crippen LogP contribution in [0.3, 0.4) is 0 Å². The third-order valence-corrected chi connectivity index (χ3v) is 3.56. The molecule has 2 aromatic carbocycles. The van der Waals surface area contributed by atoms with Crippen molar-refractivity contribution in [1.82, 2.24) is 0 Å². The van der Waals surface area contributed by atoms with E-state index in [0.717, 1.165) is 12.0 Å². The van der Waals surface area contributed by atoms with Crippen LogP contribution >= 0.6 is 0 Å². The molecule has 0 aromatic heterocycles. The minimum atomic E-state index is -1.15. The summed E-state index contributed by atoms with van der Waals surface area (Å²) in [7, 11) is 0. The average Bonchev–Trinajstić information content (AvgIpc) is 2.46. The van der Waals surface area contributed by atoms with Gasteiger partial charge < -0.3 is 0 Å². The van der Waals surface area contributed by atoms with Crippen LogP contribution in [0.1, 0.15) is 43.0 Å². The molecule has 0 aliphatic carbocycles. The molecule has 106 valence electrons. The smallest absolute Gasteiger partial charge is 0.126 e. The highest BCUT2D eigenvalue weighted by molar-refractivity contribution is 5.23. The van der Waals surface area contributed by atoms with E-state index in [0.29, 0.717) is 12.0 Å². The van der Waals surface area contributed by atoms with Gasteiger partial charge in [-0.05, 0) is 54.2 Å². The molecule has 0 saturated carbocycles. The standard InChI is InChI=1S/C17H17F3/c1-2-12(13-3-7-15(18)8-4-13)11-17(20)14-5-9-16(19)10-6-14/h3-10,12,17H,2,11H2,1H3. The summed E-state index contributed by atoms with van der Waals surface area (Å²) in [5.74, 6) is -0.638. The van der Waals surface area contributed by atoms with Gasteiger partial charge in [-0.3, -0.25) is 0 Å². The van der Waals surface area contributed by atoms with Gasteiger partial charge in [-0.15, -0.1) is 0 Å². The monoisotopic (exact) mass is 278 g/mol. The lowest BCUT2D eigenvalue weighted by molar-refractivity contribution is 0.299. The Kier molecular flexibility index (Phi) is 4.83. The molecule has 2 unspecified atom stereocenters. The van der Waals surface area contributed by atoms with E-state index < -0.39 is 6.17 Å². The summed E-state index contributed by atoms with van der Waals surface area (Å²) in [6.45, 7) is 1.98. The van der Waals surface area contributed by atoms with Crippen LogP contribution in [-0.4, -0.2) is 0 Å². The molecular formula is C17H17F3. The van der Waals surface area contributed by atoms with Crippen molar-refractivity contribution >= 4 is 0 Å². The summed E-state index contributed by atoms with van der Waals surface area (Å²) in [5, 5.41) is 0. The minimum Gasteiger partial charge on any atom is -0.242 e. The second-order valence-electron chi connectivity index (χ2n) is 4.91. The topological polar surface area (TPSA) is 0 Å². The Balaban J connectivity index is 2.09. The van der Waals surface area contributed by atoms with Crippen molar-refractivity contribution in [3.05, 3.63) is 71.3 Å². The molecular weight excluding hydrogens is 261 g/mol. The maximum absolute atomic E-state index is 14.3. The van der Waals surface area contributed by atoms with E-state index in [2.05, 4.69) is 0 Å². The van der Waals surface area contributed by atoms with Gasteiger partial charge in [0.2, 0.25) is 0 Å². The lowest BCUT2D eigenvalue weighted by Crippen LogP contribution is -2.03. The normalized spacial score (nSPS) is 14.0. The Hall–Kier alpha value is -1.77. The molecule has 0 bridgehead atoms. The molecule has 0 heterocycles. The highest BCUT2D eigenvalue weighted by Gasteiger charge is 2.18. The zero-order chi connectivity index (χ0) is 14.5. The number of hydrogen-bond acceptors (Lipinski definition) is 0. The lowest BCUT2D eigenvalue weighted by Gasteiger charge is -2.18. The third kappa shape index (κ3) is 3.62. The van der Waals surface area contributed by atoms with Gasteiger partial charge in [0.05, 0.1) is 0 Å². The fourth-order valence-electron chi connectivity index (χ4n) is 2.33. The van der Waals surface area contributed by atoms with E-state index in [4.69, 9.17) is 0 Å². The summed E-state index contributed by atoms with van der Waals surface area (Å²) < 4.78 is 40.0. The Morgan fingerprint density at radius 2 is 1.25 bits per heavy atom. The molecule has 2 aromatic rings. The second kappa shape index (κ2) is 6.60. The van der Waals surface area contributed by atoms with E-state index >= 15 is 0 Å². The van der Waals surface area contributed by atoms with Gasteiger partial charge in [-0.1, -0.05) is 31.2 Å². The van der Waals surface area contributed by atoms with Crippen LogP contribution in [0.4, 0.5) is 13.2 Å². The van der Waals surface area contributed by atoms with Crippen molar-refractivity contribution in [1.29, 1.82) is 0 Å². The van der Waals surface area contributed by atoms with E-state index in [1.165, 1.54) is 36.4 Å². The molecule has 20 heavy (non-hydrogen) atoms. The summed E-state index contributed by atoms with van der Waals surface area (Å²) >= 11 is 0. The highest BCUT2D eigenvalue weighted by Crippen LogP contribution is 2.33. The molecule has 0 aliphatic rings. The quantitative estimate of drug-likeness (QED) is 0.671. The largest absolute Gasteiger partial charge is 0.242 e. The predicted octanol–water partition coefficient (Wildman–Crippen LogP) is 5.56. The van der Waals surface area contributed by atoms with Crippen LogP contribution in [0.25, 0.3) is 0 Å². The SMILES string of the molecule is CCC(CC(F)c1ccc(F)cc1)c1ccc(F)cc1. The van der Waals surface area contributed by atoms with Crippen LogP contribution in [0.2, 0.25) is 0 Å². The Bertz CT molecular complexity index is 531. The first-order chi connectivity index (χ1) is 9.60. The van der Waals surface area contributed by atoms with Crippen LogP contribution in [0, 0.1) is 11.6 Å². The van der Waals surface area contributed by atoms with Crippen molar-refractivity contribution in [2.45, 2.75) is 31.9 Å². The molecule has 3 heteroatoms. The maximum Gasteiger partial charge on any atom is 0.126 e. The summed E-state index contributed by atoms with van der Waals surface area (Å²) in [5.41, 5.74) is 1.41. The fraction of sp³-hybridized carbons (Fsp3) is 0.294. The number of benzene rings is 2. The minimum absolute atomic E-state index is 0.0238. The molecule has 0 spiro atoms. The first-order valence-corrected chi connectivity index (χ1v) is 6.75. The van der Waals surface area contributed by atoms with Gasteiger partial charge in [0, 0.05) is 0 Å². The third-order valence-electron chi connectivity index (χ3n) is 3.56.